The van der Waals surface area contributed by atoms with E-state index in [-0.39, 0.29) is 0 Å². The highest BCUT2D eigenvalue weighted by molar-refractivity contribution is 9.10. The van der Waals surface area contributed by atoms with Crippen molar-refractivity contribution in [2.24, 2.45) is 0 Å². The highest BCUT2D eigenvalue weighted by Gasteiger charge is 2.16. The predicted octanol–water partition coefficient (Wildman–Crippen LogP) is 2.85. The van der Waals surface area contributed by atoms with Crippen molar-refractivity contribution >= 4 is 15.9 Å². The van der Waals surface area contributed by atoms with Gasteiger partial charge in [0.25, 0.3) is 0 Å². The van der Waals surface area contributed by atoms with E-state index in [1.54, 1.807) is 7.11 Å². The fraction of sp³-hybridized carbons (Fsp3) is 0.571. The third kappa shape index (κ3) is 3.71. The Hall–Kier alpha value is -0.540. The molecule has 2 N–H and O–H groups in total. The summed E-state index contributed by atoms with van der Waals surface area (Å²) < 4.78 is 6.53. The number of methoxy groups -OCH3 is 1. The van der Waals surface area contributed by atoms with E-state index >= 15 is 0 Å². The quantitative estimate of drug-likeness (QED) is 0.909. The van der Waals surface area contributed by atoms with Crippen molar-refractivity contribution in [3.05, 3.63) is 28.2 Å². The van der Waals surface area contributed by atoms with Gasteiger partial charge in [-0.3, -0.25) is 0 Å². The lowest BCUT2D eigenvalue weighted by Gasteiger charge is -2.20. The fourth-order valence-corrected chi connectivity index (χ4v) is 2.98. The van der Waals surface area contributed by atoms with Gasteiger partial charge in [-0.2, -0.15) is 0 Å². The van der Waals surface area contributed by atoms with Gasteiger partial charge in [0.15, 0.2) is 0 Å². The molecule has 0 radical (unpaired) electrons. The number of rotatable bonds is 4. The van der Waals surface area contributed by atoms with Crippen LogP contribution in [-0.4, -0.2) is 13.2 Å². The van der Waals surface area contributed by atoms with E-state index in [0.29, 0.717) is 0 Å². The van der Waals surface area contributed by atoms with Crippen LogP contribution in [0.5, 0.6) is 5.75 Å². The Morgan fingerprint density at radius 3 is 2.76 bits per heavy atom. The van der Waals surface area contributed by atoms with Gasteiger partial charge < -0.3 is 10.1 Å². The summed E-state index contributed by atoms with van der Waals surface area (Å²) in [4.78, 5) is 0. The molecule has 1 fully saturated rings. The van der Waals surface area contributed by atoms with Crippen molar-refractivity contribution in [2.75, 3.05) is 7.11 Å². The Morgan fingerprint density at radius 1 is 1.29 bits per heavy atom. The van der Waals surface area contributed by atoms with Crippen molar-refractivity contribution in [3.63, 3.8) is 0 Å². The molecule has 1 aromatic carbocycles. The molecule has 0 amide bonds. The Balaban J connectivity index is 1.95. The van der Waals surface area contributed by atoms with Crippen LogP contribution in [0.1, 0.15) is 37.7 Å². The van der Waals surface area contributed by atoms with Crippen LogP contribution in [0.4, 0.5) is 0 Å². The predicted molar refractivity (Wildman–Crippen MR) is 73.2 cm³/mol. The lowest BCUT2D eigenvalue weighted by molar-refractivity contribution is -0.706. The molecule has 0 aliphatic heterocycles. The highest BCUT2D eigenvalue weighted by Crippen LogP contribution is 2.22. The van der Waals surface area contributed by atoms with Crippen LogP contribution >= 0.6 is 15.9 Å². The largest absolute Gasteiger partial charge is 0.496 e. The molecular weight excluding hydrogens is 278 g/mol. The molecule has 17 heavy (non-hydrogen) atoms. The molecule has 1 aliphatic rings. The van der Waals surface area contributed by atoms with Crippen molar-refractivity contribution in [2.45, 2.75) is 44.7 Å². The molecule has 0 heterocycles. The van der Waals surface area contributed by atoms with Gasteiger partial charge in [-0.1, -0.05) is 22.4 Å². The lowest BCUT2D eigenvalue weighted by Crippen LogP contribution is -2.88. The Morgan fingerprint density at radius 2 is 2.06 bits per heavy atom. The van der Waals surface area contributed by atoms with E-state index < -0.39 is 0 Å². The maximum Gasteiger partial charge on any atom is 0.127 e. The van der Waals surface area contributed by atoms with Crippen LogP contribution in [0.15, 0.2) is 22.7 Å². The molecule has 2 rings (SSSR count). The second-order valence-corrected chi connectivity index (χ2v) is 5.71. The summed E-state index contributed by atoms with van der Waals surface area (Å²) in [5.41, 5.74) is 1.28. The minimum absolute atomic E-state index is 0.812. The van der Waals surface area contributed by atoms with Crippen LogP contribution in [0.2, 0.25) is 0 Å². The van der Waals surface area contributed by atoms with Crippen LogP contribution < -0.4 is 10.1 Å². The summed E-state index contributed by atoms with van der Waals surface area (Å²) >= 11 is 3.52. The molecule has 3 heteroatoms. The van der Waals surface area contributed by atoms with Gasteiger partial charge in [0.2, 0.25) is 0 Å². The van der Waals surface area contributed by atoms with Crippen molar-refractivity contribution in [3.8, 4) is 5.75 Å². The number of halogens is 1. The summed E-state index contributed by atoms with van der Waals surface area (Å²) in [5.74, 6) is 1.00. The summed E-state index contributed by atoms with van der Waals surface area (Å²) in [6, 6.07) is 7.04. The molecule has 0 aromatic heterocycles. The van der Waals surface area contributed by atoms with Crippen LogP contribution in [0.3, 0.4) is 0 Å². The lowest BCUT2D eigenvalue weighted by atomic mass is 9.95. The molecule has 2 nitrogen and oxygen atoms in total. The first-order valence-corrected chi connectivity index (χ1v) is 7.24. The standard InChI is InChI=1S/C14H20BrNO/c1-17-14-8-7-12(15)9-11(14)10-16-13-5-3-2-4-6-13/h7-9,13,16H,2-6,10H2,1H3/p+1. The third-order valence-electron chi connectivity index (χ3n) is 3.56. The van der Waals surface area contributed by atoms with Crippen LogP contribution in [0.25, 0.3) is 0 Å². The average molecular weight is 299 g/mol. The second kappa shape index (κ2) is 6.41. The Bertz CT molecular complexity index is 361. The summed E-state index contributed by atoms with van der Waals surface area (Å²) in [7, 11) is 1.74. The molecule has 1 aliphatic carbocycles. The minimum Gasteiger partial charge on any atom is -0.496 e. The van der Waals surface area contributed by atoms with Crippen molar-refractivity contribution < 1.29 is 10.1 Å². The van der Waals surface area contributed by atoms with Gasteiger partial charge in [0.1, 0.15) is 12.3 Å². The Kier molecular flexibility index (Phi) is 4.86. The first-order valence-electron chi connectivity index (χ1n) is 6.45. The first kappa shape index (κ1) is 12.9. The number of benzene rings is 1. The van der Waals surface area contributed by atoms with Gasteiger partial charge in [-0.25, -0.2) is 0 Å². The summed E-state index contributed by atoms with van der Waals surface area (Å²) in [6.07, 6.45) is 6.96. The molecular formula is C14H21BrNO+. The van der Waals surface area contributed by atoms with Crippen LogP contribution in [0, 0.1) is 0 Å². The highest BCUT2D eigenvalue weighted by atomic mass is 79.9. The van der Waals surface area contributed by atoms with Gasteiger partial charge in [0.05, 0.1) is 13.2 Å². The van der Waals surface area contributed by atoms with E-state index in [4.69, 9.17) is 4.74 Å². The fourth-order valence-electron chi connectivity index (χ4n) is 2.57. The molecule has 94 valence electrons. The molecule has 1 saturated carbocycles. The average Bonchev–Trinajstić information content (AvgIpc) is 2.38. The normalized spacial score (nSPS) is 17.1. The van der Waals surface area contributed by atoms with Gasteiger partial charge in [-0.05, 0) is 43.9 Å². The maximum atomic E-state index is 5.40. The Labute approximate surface area is 112 Å². The summed E-state index contributed by atoms with van der Waals surface area (Å²) in [5, 5.41) is 2.48. The van der Waals surface area contributed by atoms with Gasteiger partial charge in [-0.15, -0.1) is 0 Å². The molecule has 1 aromatic rings. The second-order valence-electron chi connectivity index (χ2n) is 4.79. The summed E-state index contributed by atoms with van der Waals surface area (Å²) in [6.45, 7) is 1.02. The number of hydrogen-bond donors (Lipinski definition) is 1. The van der Waals surface area contributed by atoms with Crippen molar-refractivity contribution in [1.29, 1.82) is 0 Å². The first-order chi connectivity index (χ1) is 8.29. The van der Waals surface area contributed by atoms with E-state index in [2.05, 4.69) is 27.3 Å². The topological polar surface area (TPSA) is 25.8 Å². The molecule has 0 spiro atoms. The number of nitrogens with two attached hydrogens (primary N) is 1. The maximum absolute atomic E-state index is 5.40. The molecule has 0 bridgehead atoms. The number of ether oxygens (including phenoxy) is 1. The van der Waals surface area contributed by atoms with E-state index in [1.165, 1.54) is 37.7 Å². The zero-order chi connectivity index (χ0) is 12.1. The number of quaternary nitrogens is 1. The third-order valence-corrected chi connectivity index (χ3v) is 4.06. The molecule has 0 saturated heterocycles. The van der Waals surface area contributed by atoms with Gasteiger partial charge in [0, 0.05) is 10.0 Å². The number of hydrogen-bond acceptors (Lipinski definition) is 1. The zero-order valence-electron chi connectivity index (χ0n) is 10.4. The molecule has 0 atom stereocenters. The van der Waals surface area contributed by atoms with E-state index in [1.807, 2.05) is 12.1 Å². The zero-order valence-corrected chi connectivity index (χ0v) is 12.0. The molecule has 0 unspecified atom stereocenters. The van der Waals surface area contributed by atoms with Crippen LogP contribution in [-0.2, 0) is 6.54 Å². The monoisotopic (exact) mass is 298 g/mol. The van der Waals surface area contributed by atoms with Crippen molar-refractivity contribution in [1.82, 2.24) is 0 Å². The minimum atomic E-state index is 0.812. The SMILES string of the molecule is COc1ccc(Br)cc1C[NH2+]C1CCCCC1. The van der Waals surface area contributed by atoms with E-state index in [0.717, 1.165) is 22.8 Å². The smallest absolute Gasteiger partial charge is 0.127 e. The van der Waals surface area contributed by atoms with E-state index in [9.17, 15) is 0 Å². The van der Waals surface area contributed by atoms with Gasteiger partial charge >= 0.3 is 0 Å².